The van der Waals surface area contributed by atoms with Crippen molar-refractivity contribution in [2.24, 2.45) is 0 Å². The third kappa shape index (κ3) is 2.82. The van der Waals surface area contributed by atoms with E-state index < -0.39 is 5.91 Å². The Morgan fingerprint density at radius 2 is 1.79 bits per heavy atom. The second-order valence-electron chi connectivity index (χ2n) is 4.07. The maximum Gasteiger partial charge on any atom is 0.255 e. The Balaban J connectivity index is 2.26. The molecule has 2 rings (SSSR count). The van der Waals surface area contributed by atoms with E-state index in [1.807, 2.05) is 24.3 Å². The minimum absolute atomic E-state index is 0.104. The number of hydrogen-bond donors (Lipinski definition) is 3. The van der Waals surface area contributed by atoms with E-state index in [1.54, 1.807) is 6.07 Å². The molecule has 0 atom stereocenters. The number of rotatable bonds is 3. The number of carbonyl (C=O) groups excluding carboxylic acids is 2. The standard InChI is InChI=1S/C14H14N2O3/c1-15-13(18)8-16-14(19)11-6-9-4-2-3-5-10(9)7-12(11)17/h2-7,17H,8H2,1H3,(H,15,18)(H,16,19). The largest absolute Gasteiger partial charge is 0.507 e. The molecule has 2 aromatic rings. The summed E-state index contributed by atoms with van der Waals surface area (Å²) in [5.41, 5.74) is 0.155. The van der Waals surface area contributed by atoms with Gasteiger partial charge in [-0.15, -0.1) is 0 Å². The van der Waals surface area contributed by atoms with Crippen LogP contribution in [0.4, 0.5) is 0 Å². The Kier molecular flexibility index (Phi) is 3.66. The van der Waals surface area contributed by atoms with Gasteiger partial charge < -0.3 is 15.7 Å². The van der Waals surface area contributed by atoms with Crippen LogP contribution in [0.3, 0.4) is 0 Å². The molecule has 2 amide bonds. The van der Waals surface area contributed by atoms with Crippen LogP contribution in [-0.4, -0.2) is 30.5 Å². The monoisotopic (exact) mass is 258 g/mol. The van der Waals surface area contributed by atoms with Crippen LogP contribution in [0.5, 0.6) is 5.75 Å². The molecule has 0 radical (unpaired) electrons. The Labute approximate surface area is 110 Å². The van der Waals surface area contributed by atoms with E-state index in [9.17, 15) is 14.7 Å². The normalized spacial score (nSPS) is 10.2. The first-order chi connectivity index (χ1) is 9.11. The van der Waals surface area contributed by atoms with Crippen LogP contribution in [0.1, 0.15) is 10.4 Å². The maximum absolute atomic E-state index is 11.9. The number of amides is 2. The van der Waals surface area contributed by atoms with Crippen LogP contribution >= 0.6 is 0 Å². The minimum atomic E-state index is -0.480. The third-order valence-corrected chi connectivity index (χ3v) is 2.80. The van der Waals surface area contributed by atoms with Gasteiger partial charge in [-0.2, -0.15) is 0 Å². The smallest absolute Gasteiger partial charge is 0.255 e. The van der Waals surface area contributed by atoms with E-state index >= 15 is 0 Å². The van der Waals surface area contributed by atoms with Crippen molar-refractivity contribution in [1.29, 1.82) is 0 Å². The average molecular weight is 258 g/mol. The molecule has 0 aromatic heterocycles. The first-order valence-corrected chi connectivity index (χ1v) is 5.82. The summed E-state index contributed by atoms with van der Waals surface area (Å²) in [7, 11) is 1.49. The topological polar surface area (TPSA) is 78.4 Å². The predicted octanol–water partition coefficient (Wildman–Crippen LogP) is 1.02. The number of carbonyl (C=O) groups is 2. The van der Waals surface area contributed by atoms with E-state index in [1.165, 1.54) is 13.1 Å². The second-order valence-corrected chi connectivity index (χ2v) is 4.07. The van der Waals surface area contributed by atoms with Crippen LogP contribution in [0.2, 0.25) is 0 Å². The van der Waals surface area contributed by atoms with Crippen LogP contribution in [0.15, 0.2) is 36.4 Å². The molecule has 0 aliphatic rings. The highest BCUT2D eigenvalue weighted by atomic mass is 16.3. The molecule has 0 aliphatic heterocycles. The van der Waals surface area contributed by atoms with Crippen molar-refractivity contribution in [3.05, 3.63) is 42.0 Å². The van der Waals surface area contributed by atoms with Gasteiger partial charge in [0.2, 0.25) is 5.91 Å². The quantitative estimate of drug-likeness (QED) is 0.769. The molecule has 0 aliphatic carbocycles. The van der Waals surface area contributed by atoms with Gasteiger partial charge in [0.1, 0.15) is 5.75 Å². The summed E-state index contributed by atoms with van der Waals surface area (Å²) >= 11 is 0. The van der Waals surface area contributed by atoms with E-state index in [-0.39, 0.29) is 23.8 Å². The fourth-order valence-corrected chi connectivity index (χ4v) is 1.75. The number of phenolic OH excluding ortho intramolecular Hbond substituents is 1. The molecule has 0 saturated carbocycles. The molecule has 0 heterocycles. The molecule has 5 heteroatoms. The van der Waals surface area contributed by atoms with Crippen molar-refractivity contribution >= 4 is 22.6 Å². The molecule has 2 aromatic carbocycles. The zero-order chi connectivity index (χ0) is 13.8. The van der Waals surface area contributed by atoms with Gasteiger partial charge in [0.05, 0.1) is 12.1 Å². The van der Waals surface area contributed by atoms with Gasteiger partial charge in [-0.1, -0.05) is 24.3 Å². The molecule has 0 bridgehead atoms. The lowest BCUT2D eigenvalue weighted by Crippen LogP contribution is -2.35. The molecule has 19 heavy (non-hydrogen) atoms. The van der Waals surface area contributed by atoms with E-state index in [4.69, 9.17) is 0 Å². The highest BCUT2D eigenvalue weighted by Crippen LogP contribution is 2.24. The zero-order valence-electron chi connectivity index (χ0n) is 10.4. The fraction of sp³-hybridized carbons (Fsp3) is 0.143. The fourth-order valence-electron chi connectivity index (χ4n) is 1.75. The number of aromatic hydroxyl groups is 1. The second kappa shape index (κ2) is 5.39. The number of fused-ring (bicyclic) bond motifs is 1. The summed E-state index contributed by atoms with van der Waals surface area (Å²) in [5.74, 6) is -0.881. The van der Waals surface area contributed by atoms with Crippen LogP contribution in [-0.2, 0) is 4.79 Å². The van der Waals surface area contributed by atoms with Gasteiger partial charge in [0, 0.05) is 7.05 Å². The molecule has 5 nitrogen and oxygen atoms in total. The minimum Gasteiger partial charge on any atom is -0.507 e. The summed E-state index contributed by atoms with van der Waals surface area (Å²) in [6, 6.07) is 10.5. The molecular weight excluding hydrogens is 244 g/mol. The van der Waals surface area contributed by atoms with Gasteiger partial charge in [-0.05, 0) is 22.9 Å². The summed E-state index contributed by atoms with van der Waals surface area (Å²) in [6.07, 6.45) is 0. The number of benzene rings is 2. The lowest BCUT2D eigenvalue weighted by molar-refractivity contribution is -0.119. The molecule has 0 fully saturated rings. The van der Waals surface area contributed by atoms with Crippen molar-refractivity contribution in [3.8, 4) is 5.75 Å². The van der Waals surface area contributed by atoms with E-state index in [0.717, 1.165) is 10.8 Å². The number of phenols is 1. The SMILES string of the molecule is CNC(=O)CNC(=O)c1cc2ccccc2cc1O. The number of likely N-dealkylation sites (N-methyl/N-ethyl adjacent to an activating group) is 1. The summed E-state index contributed by atoms with van der Waals surface area (Å²) in [6.45, 7) is -0.123. The molecule has 0 unspecified atom stereocenters. The van der Waals surface area contributed by atoms with Crippen LogP contribution in [0, 0.1) is 0 Å². The van der Waals surface area contributed by atoms with Gasteiger partial charge in [0.15, 0.2) is 0 Å². The van der Waals surface area contributed by atoms with Gasteiger partial charge in [-0.3, -0.25) is 9.59 Å². The lowest BCUT2D eigenvalue weighted by atomic mass is 10.1. The summed E-state index contributed by atoms with van der Waals surface area (Å²) < 4.78 is 0. The zero-order valence-corrected chi connectivity index (χ0v) is 10.4. The predicted molar refractivity (Wildman–Crippen MR) is 72.0 cm³/mol. The van der Waals surface area contributed by atoms with E-state index in [2.05, 4.69) is 10.6 Å². The molecular formula is C14H14N2O3. The summed E-state index contributed by atoms with van der Waals surface area (Å²) in [5, 5.41) is 16.4. The summed E-state index contributed by atoms with van der Waals surface area (Å²) in [4.78, 5) is 22.9. The molecule has 0 saturated heterocycles. The van der Waals surface area contributed by atoms with Crippen molar-refractivity contribution in [3.63, 3.8) is 0 Å². The highest BCUT2D eigenvalue weighted by molar-refractivity contribution is 6.02. The Morgan fingerprint density at radius 3 is 2.42 bits per heavy atom. The van der Waals surface area contributed by atoms with E-state index in [0.29, 0.717) is 0 Å². The number of hydrogen-bond acceptors (Lipinski definition) is 3. The third-order valence-electron chi connectivity index (χ3n) is 2.80. The highest BCUT2D eigenvalue weighted by Gasteiger charge is 2.12. The molecule has 3 N–H and O–H groups in total. The Hall–Kier alpha value is -2.56. The van der Waals surface area contributed by atoms with Crippen molar-refractivity contribution in [2.75, 3.05) is 13.6 Å². The first kappa shape index (κ1) is 12.9. The van der Waals surface area contributed by atoms with Crippen LogP contribution in [0.25, 0.3) is 10.8 Å². The van der Waals surface area contributed by atoms with Crippen molar-refractivity contribution in [1.82, 2.24) is 10.6 Å². The average Bonchev–Trinajstić information content (AvgIpc) is 2.43. The van der Waals surface area contributed by atoms with Gasteiger partial charge in [0.25, 0.3) is 5.91 Å². The Bertz CT molecular complexity index is 638. The first-order valence-electron chi connectivity index (χ1n) is 5.82. The lowest BCUT2D eigenvalue weighted by Gasteiger charge is -2.07. The maximum atomic E-state index is 11.9. The van der Waals surface area contributed by atoms with Gasteiger partial charge >= 0.3 is 0 Å². The number of nitrogens with one attached hydrogen (secondary N) is 2. The van der Waals surface area contributed by atoms with Gasteiger partial charge in [-0.25, -0.2) is 0 Å². The van der Waals surface area contributed by atoms with Crippen molar-refractivity contribution in [2.45, 2.75) is 0 Å². The Morgan fingerprint density at radius 1 is 1.16 bits per heavy atom. The van der Waals surface area contributed by atoms with Crippen molar-refractivity contribution < 1.29 is 14.7 Å². The molecule has 0 spiro atoms. The molecule has 98 valence electrons. The van der Waals surface area contributed by atoms with Crippen LogP contribution < -0.4 is 10.6 Å².